The van der Waals surface area contributed by atoms with Crippen LogP contribution in [0.2, 0.25) is 0 Å². The lowest BCUT2D eigenvalue weighted by Gasteiger charge is -2.15. The molecule has 0 aliphatic carbocycles. The maximum atomic E-state index is 5.21. The molecule has 0 radical (unpaired) electrons. The van der Waals surface area contributed by atoms with Gasteiger partial charge in [-0.25, -0.2) is 0 Å². The van der Waals surface area contributed by atoms with Crippen LogP contribution in [0.4, 0.5) is 0 Å². The first-order valence-corrected chi connectivity index (χ1v) is 3.53. The molecule has 5 N–H and O–H groups in total. The fourth-order valence-corrected chi connectivity index (χ4v) is 0.582. The fourth-order valence-electron chi connectivity index (χ4n) is 0.582. The summed E-state index contributed by atoms with van der Waals surface area (Å²) in [5.74, 6) is 0.309. The molecule has 0 unspecified atom stereocenters. The second-order valence-electron chi connectivity index (χ2n) is 3.69. The van der Waals surface area contributed by atoms with Crippen molar-refractivity contribution in [2.75, 3.05) is 6.54 Å². The van der Waals surface area contributed by atoms with E-state index in [0.29, 0.717) is 11.4 Å². The number of hydrogen-bond acceptors (Lipinski definition) is 0. The monoisotopic (exact) mass is 144 g/mol. The molecule has 0 atom stereocenters. The highest BCUT2D eigenvalue weighted by Crippen LogP contribution is 2.15. The highest BCUT2D eigenvalue weighted by molar-refractivity contribution is 5.69. The summed E-state index contributed by atoms with van der Waals surface area (Å²) in [5.41, 5.74) is 10.8. The zero-order chi connectivity index (χ0) is 8.20. The number of nitrogens with two attached hydrogens (primary N) is 2. The first-order valence-electron chi connectivity index (χ1n) is 3.53. The molecule has 0 rings (SSSR count). The van der Waals surface area contributed by atoms with E-state index in [1.165, 1.54) is 0 Å². The SMILES string of the molecule is CC(C)(C)CC[NH+]=C(N)N. The van der Waals surface area contributed by atoms with Gasteiger partial charge in [-0.05, 0) is 11.8 Å². The Morgan fingerprint density at radius 3 is 2.10 bits per heavy atom. The number of rotatable bonds is 2. The summed E-state index contributed by atoms with van der Waals surface area (Å²) in [6, 6.07) is 0. The Hall–Kier alpha value is -0.730. The summed E-state index contributed by atoms with van der Waals surface area (Å²) in [4.78, 5) is 2.87. The Morgan fingerprint density at radius 1 is 1.30 bits per heavy atom. The quantitative estimate of drug-likeness (QED) is 0.336. The van der Waals surface area contributed by atoms with Crippen LogP contribution in [0.5, 0.6) is 0 Å². The lowest BCUT2D eigenvalue weighted by molar-refractivity contribution is -0.462. The minimum Gasteiger partial charge on any atom is -0.291 e. The second-order valence-corrected chi connectivity index (χ2v) is 3.69. The molecular formula is C7H18N3+. The first-order chi connectivity index (χ1) is 4.42. The van der Waals surface area contributed by atoms with E-state index >= 15 is 0 Å². The molecule has 0 aromatic carbocycles. The number of guanidine groups is 1. The van der Waals surface area contributed by atoms with Crippen LogP contribution >= 0.6 is 0 Å². The molecule has 0 amide bonds. The van der Waals surface area contributed by atoms with Crippen LogP contribution in [0.3, 0.4) is 0 Å². The van der Waals surface area contributed by atoms with Gasteiger partial charge in [0.15, 0.2) is 0 Å². The van der Waals surface area contributed by atoms with Crippen LogP contribution < -0.4 is 16.5 Å². The van der Waals surface area contributed by atoms with Crippen LogP contribution in [-0.2, 0) is 0 Å². The van der Waals surface area contributed by atoms with E-state index in [1.807, 2.05) is 0 Å². The molecule has 60 valence electrons. The fraction of sp³-hybridized carbons (Fsp3) is 0.857. The minimum absolute atomic E-state index is 0.309. The molecule has 0 saturated heterocycles. The van der Waals surface area contributed by atoms with Crippen LogP contribution in [0.15, 0.2) is 0 Å². The van der Waals surface area contributed by atoms with Crippen molar-refractivity contribution in [3.8, 4) is 0 Å². The number of hydrogen-bond donors (Lipinski definition) is 3. The van der Waals surface area contributed by atoms with Gasteiger partial charge in [-0.2, -0.15) is 0 Å². The van der Waals surface area contributed by atoms with Crippen molar-refractivity contribution in [1.29, 1.82) is 0 Å². The van der Waals surface area contributed by atoms with Crippen LogP contribution in [-0.4, -0.2) is 12.5 Å². The largest absolute Gasteiger partial charge is 0.338 e. The van der Waals surface area contributed by atoms with Gasteiger partial charge in [0, 0.05) is 0 Å². The van der Waals surface area contributed by atoms with Crippen LogP contribution in [0, 0.1) is 5.41 Å². The average Bonchev–Trinajstić information content (AvgIpc) is 1.59. The molecule has 10 heavy (non-hydrogen) atoms. The van der Waals surface area contributed by atoms with Crippen molar-refractivity contribution in [2.45, 2.75) is 27.2 Å². The minimum atomic E-state index is 0.309. The maximum Gasteiger partial charge on any atom is 0.338 e. The standard InChI is InChI=1S/C7H17N3/c1-7(2,3)4-5-10-6(8)9/h4-5H2,1-3H3,(H4,8,9,10)/p+1. The van der Waals surface area contributed by atoms with Crippen molar-refractivity contribution in [3.05, 3.63) is 0 Å². The Balaban J connectivity index is 3.47. The molecule has 0 spiro atoms. The van der Waals surface area contributed by atoms with Crippen molar-refractivity contribution < 1.29 is 4.99 Å². The Labute approximate surface area is 62.5 Å². The van der Waals surface area contributed by atoms with E-state index in [2.05, 4.69) is 25.8 Å². The van der Waals surface area contributed by atoms with E-state index in [4.69, 9.17) is 11.5 Å². The molecule has 0 aliphatic heterocycles. The molecule has 3 heteroatoms. The van der Waals surface area contributed by atoms with Gasteiger partial charge in [0.2, 0.25) is 0 Å². The predicted molar refractivity (Wildman–Crippen MR) is 43.3 cm³/mol. The van der Waals surface area contributed by atoms with Gasteiger partial charge in [-0.1, -0.05) is 20.8 Å². The Kier molecular flexibility index (Phi) is 3.19. The molecule has 0 heterocycles. The first kappa shape index (κ1) is 9.27. The van der Waals surface area contributed by atoms with Crippen molar-refractivity contribution >= 4 is 5.96 Å². The van der Waals surface area contributed by atoms with Gasteiger partial charge in [-0.15, -0.1) is 0 Å². The Morgan fingerprint density at radius 2 is 1.80 bits per heavy atom. The normalized spacial score (nSPS) is 11.1. The highest BCUT2D eigenvalue weighted by atomic mass is 15.0. The zero-order valence-electron chi connectivity index (χ0n) is 7.07. The van der Waals surface area contributed by atoms with E-state index in [-0.39, 0.29) is 0 Å². The van der Waals surface area contributed by atoms with Gasteiger partial charge in [0.25, 0.3) is 0 Å². The third-order valence-electron chi connectivity index (χ3n) is 1.20. The maximum absolute atomic E-state index is 5.21. The van der Waals surface area contributed by atoms with Crippen molar-refractivity contribution in [2.24, 2.45) is 16.9 Å². The van der Waals surface area contributed by atoms with Crippen molar-refractivity contribution in [3.63, 3.8) is 0 Å². The van der Waals surface area contributed by atoms with Crippen LogP contribution in [0.25, 0.3) is 0 Å². The van der Waals surface area contributed by atoms with E-state index in [0.717, 1.165) is 13.0 Å². The molecule has 0 bridgehead atoms. The van der Waals surface area contributed by atoms with Gasteiger partial charge < -0.3 is 0 Å². The third-order valence-corrected chi connectivity index (χ3v) is 1.20. The van der Waals surface area contributed by atoms with E-state index < -0.39 is 0 Å². The van der Waals surface area contributed by atoms with Crippen LogP contribution in [0.1, 0.15) is 27.2 Å². The molecule has 0 aliphatic rings. The molecular weight excluding hydrogens is 126 g/mol. The molecule has 0 saturated carbocycles. The van der Waals surface area contributed by atoms with Gasteiger partial charge >= 0.3 is 5.96 Å². The topological polar surface area (TPSA) is 66.0 Å². The van der Waals surface area contributed by atoms with E-state index in [1.54, 1.807) is 0 Å². The van der Waals surface area contributed by atoms with Gasteiger partial charge in [-0.3, -0.25) is 16.5 Å². The molecule has 0 aromatic heterocycles. The summed E-state index contributed by atoms with van der Waals surface area (Å²) >= 11 is 0. The third kappa shape index (κ3) is 7.27. The van der Waals surface area contributed by atoms with Crippen molar-refractivity contribution in [1.82, 2.24) is 0 Å². The average molecular weight is 144 g/mol. The molecule has 3 nitrogen and oxygen atoms in total. The summed E-state index contributed by atoms with van der Waals surface area (Å²) in [7, 11) is 0. The summed E-state index contributed by atoms with van der Waals surface area (Å²) in [6.45, 7) is 7.40. The smallest absolute Gasteiger partial charge is 0.291 e. The zero-order valence-corrected chi connectivity index (χ0v) is 7.07. The van der Waals surface area contributed by atoms with Gasteiger partial charge in [0.1, 0.15) is 0 Å². The second kappa shape index (κ2) is 3.44. The van der Waals surface area contributed by atoms with Gasteiger partial charge in [0.05, 0.1) is 6.54 Å². The summed E-state index contributed by atoms with van der Waals surface area (Å²) in [6.07, 6.45) is 1.07. The Bertz CT molecular complexity index is 117. The highest BCUT2D eigenvalue weighted by Gasteiger charge is 2.08. The lowest BCUT2D eigenvalue weighted by Crippen LogP contribution is -2.78. The number of nitrogens with one attached hydrogen (secondary N) is 1. The molecule has 0 fully saturated rings. The summed E-state index contributed by atoms with van der Waals surface area (Å²) in [5, 5.41) is 0. The lowest BCUT2D eigenvalue weighted by atomic mass is 9.93. The van der Waals surface area contributed by atoms with E-state index in [9.17, 15) is 0 Å². The summed E-state index contributed by atoms with van der Waals surface area (Å²) < 4.78 is 0. The predicted octanol–water partition coefficient (Wildman–Crippen LogP) is -1.22. The molecule has 0 aromatic rings.